The molecular weight excluding hydrogens is 346 g/mol. The monoisotopic (exact) mass is 357 g/mol. The third kappa shape index (κ3) is 3.27. The number of primary sulfonamides is 1. The molecule has 1 aromatic heterocycles. The van der Waals surface area contributed by atoms with Crippen LogP contribution in [-0.2, 0) is 10.0 Å². The van der Waals surface area contributed by atoms with Gasteiger partial charge in [0, 0.05) is 28.0 Å². The van der Waals surface area contributed by atoms with Crippen molar-refractivity contribution < 1.29 is 13.2 Å². The Hall–Kier alpha value is -1.64. The molecule has 4 N–H and O–H groups in total. The lowest BCUT2D eigenvalue weighted by Gasteiger charge is -2.12. The van der Waals surface area contributed by atoms with E-state index < -0.39 is 10.0 Å². The van der Waals surface area contributed by atoms with Gasteiger partial charge in [-0.2, -0.15) is 0 Å². The maximum atomic E-state index is 11.5. The van der Waals surface area contributed by atoms with Crippen molar-refractivity contribution in [1.82, 2.24) is 4.98 Å². The highest BCUT2D eigenvalue weighted by molar-refractivity contribution is 9.10. The molecule has 0 atom stereocenters. The standard InChI is InChI=1S/C12H12BrN3O3S/c1-7-11(19-10-2-8(13)5-16-6-10)3-9(14)4-12(7)20(15,17)18/h2-6H,14H2,1H3,(H2,15,17,18). The van der Waals surface area contributed by atoms with E-state index in [1.165, 1.54) is 18.3 Å². The Bertz CT molecular complexity index is 763. The lowest BCUT2D eigenvalue weighted by Crippen LogP contribution is -2.14. The van der Waals surface area contributed by atoms with Gasteiger partial charge >= 0.3 is 0 Å². The summed E-state index contributed by atoms with van der Waals surface area (Å²) >= 11 is 3.27. The summed E-state index contributed by atoms with van der Waals surface area (Å²) < 4.78 is 29.4. The van der Waals surface area contributed by atoms with Crippen molar-refractivity contribution in [2.45, 2.75) is 11.8 Å². The van der Waals surface area contributed by atoms with Crippen molar-refractivity contribution in [3.8, 4) is 11.5 Å². The summed E-state index contributed by atoms with van der Waals surface area (Å²) in [6.45, 7) is 1.60. The Morgan fingerprint density at radius 2 is 1.95 bits per heavy atom. The fraction of sp³-hybridized carbons (Fsp3) is 0.0833. The Morgan fingerprint density at radius 1 is 1.25 bits per heavy atom. The van der Waals surface area contributed by atoms with Gasteiger partial charge in [0.2, 0.25) is 10.0 Å². The second kappa shape index (κ2) is 5.39. The molecule has 0 spiro atoms. The molecule has 0 aliphatic heterocycles. The minimum atomic E-state index is -3.86. The Morgan fingerprint density at radius 3 is 2.55 bits per heavy atom. The van der Waals surface area contributed by atoms with Crippen LogP contribution in [0.3, 0.4) is 0 Å². The maximum absolute atomic E-state index is 11.5. The predicted octanol–water partition coefficient (Wildman–Crippen LogP) is 2.17. The molecule has 0 saturated carbocycles. The number of ether oxygens (including phenoxy) is 1. The number of pyridine rings is 1. The van der Waals surface area contributed by atoms with Crippen LogP contribution in [0.25, 0.3) is 0 Å². The summed E-state index contributed by atoms with van der Waals surface area (Å²) in [7, 11) is -3.86. The van der Waals surface area contributed by atoms with Gasteiger partial charge in [0.1, 0.15) is 11.5 Å². The number of hydrogen-bond acceptors (Lipinski definition) is 5. The van der Waals surface area contributed by atoms with Gasteiger partial charge in [0.25, 0.3) is 0 Å². The van der Waals surface area contributed by atoms with E-state index in [4.69, 9.17) is 15.6 Å². The predicted molar refractivity (Wildman–Crippen MR) is 79.0 cm³/mol. The van der Waals surface area contributed by atoms with Crippen LogP contribution in [0.5, 0.6) is 11.5 Å². The quantitative estimate of drug-likeness (QED) is 0.818. The van der Waals surface area contributed by atoms with E-state index in [9.17, 15) is 8.42 Å². The third-order valence-corrected chi connectivity index (χ3v) is 4.02. The largest absolute Gasteiger partial charge is 0.455 e. The number of nitrogen functional groups attached to an aromatic ring is 1. The fourth-order valence-electron chi connectivity index (χ4n) is 1.66. The number of sulfonamides is 1. The van der Waals surface area contributed by atoms with Crippen molar-refractivity contribution in [1.29, 1.82) is 0 Å². The molecule has 0 radical (unpaired) electrons. The number of nitrogens with zero attached hydrogens (tertiary/aromatic N) is 1. The van der Waals surface area contributed by atoms with Gasteiger partial charge in [-0.3, -0.25) is 4.98 Å². The summed E-state index contributed by atoms with van der Waals surface area (Å²) in [5, 5.41) is 5.15. The van der Waals surface area contributed by atoms with Crippen LogP contribution in [-0.4, -0.2) is 13.4 Å². The van der Waals surface area contributed by atoms with Crippen LogP contribution in [0, 0.1) is 6.92 Å². The van der Waals surface area contributed by atoms with Crippen LogP contribution in [0.4, 0.5) is 5.69 Å². The molecule has 0 amide bonds. The number of rotatable bonds is 3. The van der Waals surface area contributed by atoms with E-state index >= 15 is 0 Å². The summed E-state index contributed by atoms with van der Waals surface area (Å²) in [6, 6.07) is 4.54. The molecule has 0 saturated heterocycles. The van der Waals surface area contributed by atoms with Gasteiger partial charge in [-0.1, -0.05) is 0 Å². The smallest absolute Gasteiger partial charge is 0.238 e. The summed E-state index contributed by atoms with van der Waals surface area (Å²) in [4.78, 5) is 3.90. The van der Waals surface area contributed by atoms with E-state index in [1.54, 1.807) is 19.2 Å². The normalized spacial score (nSPS) is 11.3. The average molecular weight is 358 g/mol. The molecule has 2 rings (SSSR count). The number of anilines is 1. The second-order valence-corrected chi connectivity index (χ2v) is 6.57. The van der Waals surface area contributed by atoms with Crippen LogP contribution in [0.1, 0.15) is 5.56 Å². The molecule has 0 fully saturated rings. The Labute approximate surface area is 124 Å². The second-order valence-electron chi connectivity index (χ2n) is 4.13. The Balaban J connectivity index is 2.50. The number of benzene rings is 1. The number of aromatic nitrogens is 1. The van der Waals surface area contributed by atoms with Crippen molar-refractivity contribution in [3.63, 3.8) is 0 Å². The first kappa shape index (κ1) is 14.8. The zero-order valence-electron chi connectivity index (χ0n) is 10.5. The SMILES string of the molecule is Cc1c(Oc2cncc(Br)c2)cc(N)cc1S(N)(=O)=O. The average Bonchev–Trinajstić information content (AvgIpc) is 2.32. The molecule has 1 heterocycles. The lowest BCUT2D eigenvalue weighted by molar-refractivity contribution is 0.474. The summed E-state index contributed by atoms with van der Waals surface area (Å²) in [5.41, 5.74) is 6.32. The topological polar surface area (TPSA) is 108 Å². The van der Waals surface area contributed by atoms with Crippen molar-refractivity contribution in [2.75, 3.05) is 5.73 Å². The van der Waals surface area contributed by atoms with Gasteiger partial charge in [0.05, 0.1) is 11.1 Å². The molecular formula is C12H12BrN3O3S. The fourth-order valence-corrected chi connectivity index (χ4v) is 2.83. The zero-order valence-corrected chi connectivity index (χ0v) is 12.9. The highest BCUT2D eigenvalue weighted by atomic mass is 79.9. The highest BCUT2D eigenvalue weighted by Gasteiger charge is 2.17. The first-order chi connectivity index (χ1) is 9.27. The zero-order chi connectivity index (χ0) is 14.9. The van der Waals surface area contributed by atoms with E-state index in [-0.39, 0.29) is 10.6 Å². The molecule has 106 valence electrons. The summed E-state index contributed by atoms with van der Waals surface area (Å²) in [5.74, 6) is 0.766. The highest BCUT2D eigenvalue weighted by Crippen LogP contribution is 2.32. The van der Waals surface area contributed by atoms with Gasteiger partial charge in [-0.05, 0) is 35.0 Å². The van der Waals surface area contributed by atoms with Crippen molar-refractivity contribution >= 4 is 31.6 Å². The van der Waals surface area contributed by atoms with Crippen LogP contribution in [0.15, 0.2) is 40.0 Å². The van der Waals surface area contributed by atoms with Crippen molar-refractivity contribution in [2.24, 2.45) is 5.14 Å². The van der Waals surface area contributed by atoms with Gasteiger partial charge in [-0.25, -0.2) is 13.6 Å². The Kier molecular flexibility index (Phi) is 3.98. The molecule has 1 aromatic carbocycles. The van der Waals surface area contributed by atoms with Crippen LogP contribution in [0.2, 0.25) is 0 Å². The molecule has 0 bridgehead atoms. The van der Waals surface area contributed by atoms with E-state index in [2.05, 4.69) is 20.9 Å². The van der Waals surface area contributed by atoms with E-state index in [0.29, 0.717) is 17.1 Å². The first-order valence-electron chi connectivity index (χ1n) is 5.48. The molecule has 0 aliphatic rings. The maximum Gasteiger partial charge on any atom is 0.238 e. The number of halogens is 1. The molecule has 0 unspecified atom stereocenters. The van der Waals surface area contributed by atoms with Gasteiger partial charge in [-0.15, -0.1) is 0 Å². The van der Waals surface area contributed by atoms with Gasteiger partial charge < -0.3 is 10.5 Å². The van der Waals surface area contributed by atoms with E-state index in [0.717, 1.165) is 4.47 Å². The lowest BCUT2D eigenvalue weighted by atomic mass is 10.2. The third-order valence-electron chi connectivity index (χ3n) is 2.55. The van der Waals surface area contributed by atoms with Crippen molar-refractivity contribution in [3.05, 3.63) is 40.6 Å². The van der Waals surface area contributed by atoms with Crippen LogP contribution < -0.4 is 15.6 Å². The first-order valence-corrected chi connectivity index (χ1v) is 7.82. The molecule has 2 aromatic rings. The summed E-state index contributed by atoms with van der Waals surface area (Å²) in [6.07, 6.45) is 3.11. The molecule has 20 heavy (non-hydrogen) atoms. The van der Waals surface area contributed by atoms with Crippen LogP contribution >= 0.6 is 15.9 Å². The van der Waals surface area contributed by atoms with Gasteiger partial charge in [0.15, 0.2) is 0 Å². The minimum Gasteiger partial charge on any atom is -0.455 e. The van der Waals surface area contributed by atoms with E-state index in [1.807, 2.05) is 0 Å². The number of hydrogen-bond donors (Lipinski definition) is 2. The minimum absolute atomic E-state index is 0.0598. The molecule has 0 aliphatic carbocycles. The number of nitrogens with two attached hydrogens (primary N) is 2. The molecule has 8 heteroatoms. The molecule has 6 nitrogen and oxygen atoms in total.